The van der Waals surface area contributed by atoms with Crippen LogP contribution in [0.1, 0.15) is 12.5 Å². The number of methoxy groups -OCH3 is 1. The predicted molar refractivity (Wildman–Crippen MR) is 66.4 cm³/mol. The number of benzene rings is 1. The Morgan fingerprint density at radius 3 is 2.29 bits per heavy atom. The molecule has 0 aromatic heterocycles. The van der Waals surface area contributed by atoms with Gasteiger partial charge in [0.2, 0.25) is 0 Å². The third kappa shape index (κ3) is 3.60. The van der Waals surface area contributed by atoms with Gasteiger partial charge in [-0.2, -0.15) is 0 Å². The molecule has 0 fully saturated rings. The van der Waals surface area contributed by atoms with E-state index in [1.54, 1.807) is 14.2 Å². The summed E-state index contributed by atoms with van der Waals surface area (Å²) in [5, 5.41) is 1.17. The lowest BCUT2D eigenvalue weighted by Gasteiger charge is -2.11. The fourth-order valence-corrected chi connectivity index (χ4v) is 1.30. The molecule has 92 valence electrons. The number of likely N-dealkylation sites (N-methyl/N-ethyl adjacent to an activating group) is 1. The zero-order valence-electron chi connectivity index (χ0n) is 10.6. The molecule has 0 saturated carbocycles. The summed E-state index contributed by atoms with van der Waals surface area (Å²) >= 11 is 0. The molecule has 0 unspecified atom stereocenters. The number of hydrogen-bond donors (Lipinski definition) is 0. The highest BCUT2D eigenvalue weighted by molar-refractivity contribution is 5.94. The van der Waals surface area contributed by atoms with Crippen molar-refractivity contribution in [2.75, 3.05) is 21.3 Å². The summed E-state index contributed by atoms with van der Waals surface area (Å²) in [6.45, 7) is 1.88. The molecule has 0 aliphatic heterocycles. The monoisotopic (exact) mass is 235 g/mol. The van der Waals surface area contributed by atoms with Crippen molar-refractivity contribution in [3.8, 4) is 5.75 Å². The van der Waals surface area contributed by atoms with E-state index in [4.69, 9.17) is 9.57 Å². The minimum atomic E-state index is -0.194. The maximum Gasteiger partial charge on any atom is 0.270 e. The molecule has 17 heavy (non-hydrogen) atoms. The van der Waals surface area contributed by atoms with Gasteiger partial charge < -0.3 is 4.74 Å². The van der Waals surface area contributed by atoms with E-state index in [1.807, 2.05) is 31.2 Å². The molecule has 0 spiro atoms. The third-order valence-electron chi connectivity index (χ3n) is 2.47. The van der Waals surface area contributed by atoms with Crippen LogP contribution < -0.4 is 4.74 Å². The van der Waals surface area contributed by atoms with Gasteiger partial charge in [0.15, 0.2) is 0 Å². The van der Waals surface area contributed by atoms with Gasteiger partial charge in [0.25, 0.3) is 5.91 Å². The van der Waals surface area contributed by atoms with Gasteiger partial charge in [-0.3, -0.25) is 9.63 Å². The lowest BCUT2D eigenvalue weighted by Crippen LogP contribution is -2.23. The summed E-state index contributed by atoms with van der Waals surface area (Å²) in [5.41, 5.74) is 1.85. The van der Waals surface area contributed by atoms with Crippen LogP contribution in [0.5, 0.6) is 5.75 Å². The topological polar surface area (TPSA) is 38.8 Å². The number of allylic oxidation sites excluding steroid dienone is 1. The molecular weight excluding hydrogens is 218 g/mol. The molecule has 1 rings (SSSR count). The second-order valence-electron chi connectivity index (χ2n) is 3.57. The summed E-state index contributed by atoms with van der Waals surface area (Å²) in [4.78, 5) is 16.4. The van der Waals surface area contributed by atoms with E-state index in [-0.39, 0.29) is 5.91 Å². The van der Waals surface area contributed by atoms with Crippen molar-refractivity contribution >= 4 is 11.5 Å². The van der Waals surface area contributed by atoms with E-state index >= 15 is 0 Å². The summed E-state index contributed by atoms with van der Waals surface area (Å²) in [6.07, 6.45) is 1.53. The Morgan fingerprint density at radius 2 is 1.82 bits per heavy atom. The van der Waals surface area contributed by atoms with E-state index in [2.05, 4.69) is 0 Å². The van der Waals surface area contributed by atoms with Gasteiger partial charge in [-0.15, -0.1) is 0 Å². The van der Waals surface area contributed by atoms with E-state index < -0.39 is 0 Å². The van der Waals surface area contributed by atoms with Crippen LogP contribution in [0.25, 0.3) is 5.57 Å². The quantitative estimate of drug-likeness (QED) is 0.592. The number of rotatable bonds is 4. The van der Waals surface area contributed by atoms with Gasteiger partial charge in [0.05, 0.1) is 14.2 Å². The van der Waals surface area contributed by atoms with Crippen LogP contribution in [-0.4, -0.2) is 32.2 Å². The van der Waals surface area contributed by atoms with Crippen LogP contribution in [0.4, 0.5) is 0 Å². The molecule has 0 aliphatic rings. The summed E-state index contributed by atoms with van der Waals surface area (Å²) < 4.78 is 5.07. The van der Waals surface area contributed by atoms with Crippen molar-refractivity contribution in [2.45, 2.75) is 6.92 Å². The number of carbonyl (C=O) groups excluding carboxylic acids is 1. The summed E-state index contributed by atoms with van der Waals surface area (Å²) in [7, 11) is 4.64. The Hall–Kier alpha value is -1.81. The van der Waals surface area contributed by atoms with Crippen LogP contribution >= 0.6 is 0 Å². The fraction of sp³-hybridized carbons (Fsp3) is 0.308. The molecule has 1 aromatic carbocycles. The molecule has 0 heterocycles. The molecule has 0 aliphatic carbocycles. The normalized spacial score (nSPS) is 11.2. The van der Waals surface area contributed by atoms with Crippen LogP contribution in [-0.2, 0) is 9.63 Å². The van der Waals surface area contributed by atoms with Crippen LogP contribution in [0.3, 0.4) is 0 Å². The predicted octanol–water partition coefficient (Wildman–Crippen LogP) is 2.12. The van der Waals surface area contributed by atoms with Crippen LogP contribution in [0, 0.1) is 0 Å². The second-order valence-corrected chi connectivity index (χ2v) is 3.57. The highest BCUT2D eigenvalue weighted by Crippen LogP contribution is 2.18. The molecular formula is C13H17NO3. The van der Waals surface area contributed by atoms with E-state index in [9.17, 15) is 4.79 Å². The Labute approximate surface area is 101 Å². The standard InChI is InChI=1S/C13H17NO3/c1-10(9-13(15)14(2)17-4)11-5-7-12(16-3)8-6-11/h5-9H,1-4H3/b10-9+. The molecule has 1 amide bonds. The van der Waals surface area contributed by atoms with Gasteiger partial charge in [-0.05, 0) is 30.2 Å². The third-order valence-corrected chi connectivity index (χ3v) is 2.47. The average molecular weight is 235 g/mol. The first-order chi connectivity index (χ1) is 8.08. The summed E-state index contributed by atoms with van der Waals surface area (Å²) in [5.74, 6) is 0.600. The molecule has 0 N–H and O–H groups in total. The van der Waals surface area contributed by atoms with Crippen molar-refractivity contribution in [3.05, 3.63) is 35.9 Å². The molecule has 0 saturated heterocycles. The fourth-order valence-electron chi connectivity index (χ4n) is 1.30. The number of ether oxygens (including phenoxy) is 1. The molecule has 4 heteroatoms. The largest absolute Gasteiger partial charge is 0.497 e. The average Bonchev–Trinajstić information content (AvgIpc) is 2.37. The van der Waals surface area contributed by atoms with E-state index in [0.29, 0.717) is 0 Å². The lowest BCUT2D eigenvalue weighted by atomic mass is 10.1. The van der Waals surface area contributed by atoms with Gasteiger partial charge >= 0.3 is 0 Å². The first-order valence-corrected chi connectivity index (χ1v) is 5.23. The zero-order chi connectivity index (χ0) is 12.8. The Morgan fingerprint density at radius 1 is 1.24 bits per heavy atom. The summed E-state index contributed by atoms with van der Waals surface area (Å²) in [6, 6.07) is 7.53. The zero-order valence-corrected chi connectivity index (χ0v) is 10.6. The minimum Gasteiger partial charge on any atom is -0.497 e. The number of hydroxylamine groups is 2. The van der Waals surface area contributed by atoms with Gasteiger partial charge in [0, 0.05) is 13.1 Å². The SMILES string of the molecule is COc1ccc(/C(C)=C/C(=O)N(C)OC)cc1. The van der Waals surface area contributed by atoms with Crippen molar-refractivity contribution < 1.29 is 14.4 Å². The number of carbonyl (C=O) groups is 1. The van der Waals surface area contributed by atoms with Crippen molar-refractivity contribution in [2.24, 2.45) is 0 Å². The maximum absolute atomic E-state index is 11.6. The molecule has 0 bridgehead atoms. The van der Waals surface area contributed by atoms with Crippen molar-refractivity contribution in [1.82, 2.24) is 5.06 Å². The van der Waals surface area contributed by atoms with Gasteiger partial charge in [-0.25, -0.2) is 5.06 Å². The highest BCUT2D eigenvalue weighted by Gasteiger charge is 2.05. The second kappa shape index (κ2) is 6.06. The highest BCUT2D eigenvalue weighted by atomic mass is 16.7. The van der Waals surface area contributed by atoms with E-state index in [0.717, 1.165) is 16.9 Å². The van der Waals surface area contributed by atoms with Crippen LogP contribution in [0.2, 0.25) is 0 Å². The first-order valence-electron chi connectivity index (χ1n) is 5.23. The molecule has 4 nitrogen and oxygen atoms in total. The Bertz CT molecular complexity index is 409. The first kappa shape index (κ1) is 13.3. The maximum atomic E-state index is 11.6. The molecule has 0 radical (unpaired) electrons. The van der Waals surface area contributed by atoms with Crippen molar-refractivity contribution in [3.63, 3.8) is 0 Å². The lowest BCUT2D eigenvalue weighted by molar-refractivity contribution is -0.162. The Kier molecular flexibility index (Phi) is 4.72. The number of hydrogen-bond acceptors (Lipinski definition) is 3. The van der Waals surface area contributed by atoms with Gasteiger partial charge in [0.1, 0.15) is 5.75 Å². The minimum absolute atomic E-state index is 0.194. The number of amides is 1. The Balaban J connectivity index is 2.84. The van der Waals surface area contributed by atoms with Crippen LogP contribution in [0.15, 0.2) is 30.3 Å². The van der Waals surface area contributed by atoms with Gasteiger partial charge in [-0.1, -0.05) is 12.1 Å². The molecule has 0 atom stereocenters. The molecule has 1 aromatic rings. The number of nitrogens with zero attached hydrogens (tertiary/aromatic N) is 1. The van der Waals surface area contributed by atoms with Crippen molar-refractivity contribution in [1.29, 1.82) is 0 Å². The smallest absolute Gasteiger partial charge is 0.270 e. The van der Waals surface area contributed by atoms with E-state index in [1.165, 1.54) is 18.2 Å².